The van der Waals surface area contributed by atoms with E-state index in [0.717, 1.165) is 5.56 Å². The molecule has 20 heavy (non-hydrogen) atoms. The van der Waals surface area contributed by atoms with Gasteiger partial charge < -0.3 is 5.32 Å². The minimum Gasteiger partial charge on any atom is -0.311 e. The second kappa shape index (κ2) is 6.05. The first-order chi connectivity index (χ1) is 9.52. The number of rotatable bonds is 5. The fourth-order valence-corrected chi connectivity index (χ4v) is 2.20. The van der Waals surface area contributed by atoms with Crippen molar-refractivity contribution in [3.05, 3.63) is 52.2 Å². The minimum absolute atomic E-state index is 0.0730. The van der Waals surface area contributed by atoms with Gasteiger partial charge in [0.1, 0.15) is 6.33 Å². The second-order valence-corrected chi connectivity index (χ2v) is 5.37. The first kappa shape index (κ1) is 14.5. The van der Waals surface area contributed by atoms with Crippen LogP contribution in [0.1, 0.15) is 36.9 Å². The van der Waals surface area contributed by atoms with Crippen LogP contribution in [0.2, 0.25) is 0 Å². The number of hydrogen-bond acceptors (Lipinski definition) is 3. The van der Waals surface area contributed by atoms with Crippen LogP contribution in [0.4, 0.5) is 0 Å². The maximum atomic E-state index is 11.8. The van der Waals surface area contributed by atoms with E-state index in [1.807, 2.05) is 7.05 Å². The van der Waals surface area contributed by atoms with Gasteiger partial charge in [0.2, 0.25) is 0 Å². The molecule has 108 valence electrons. The predicted octanol–water partition coefficient (Wildman–Crippen LogP) is 1.67. The van der Waals surface area contributed by atoms with Crippen LogP contribution in [0.3, 0.4) is 0 Å². The summed E-state index contributed by atoms with van der Waals surface area (Å²) in [5.41, 5.74) is 2.39. The highest BCUT2D eigenvalue weighted by atomic mass is 16.2. The number of likely N-dealkylation sites (N-methyl/N-ethyl adjacent to an activating group) is 1. The molecule has 1 aromatic carbocycles. The van der Waals surface area contributed by atoms with Crippen molar-refractivity contribution in [3.63, 3.8) is 0 Å². The van der Waals surface area contributed by atoms with Crippen LogP contribution in [-0.4, -0.2) is 21.4 Å². The quantitative estimate of drug-likeness (QED) is 0.902. The lowest BCUT2D eigenvalue weighted by atomic mass is 9.99. The van der Waals surface area contributed by atoms with Crippen LogP contribution in [0.15, 0.2) is 35.4 Å². The largest absolute Gasteiger partial charge is 0.345 e. The fraction of sp³-hybridized carbons (Fsp3) is 0.467. The highest BCUT2D eigenvalue weighted by molar-refractivity contribution is 5.26. The van der Waals surface area contributed by atoms with Crippen LogP contribution in [0.5, 0.6) is 0 Å². The lowest BCUT2D eigenvalue weighted by Crippen LogP contribution is -2.30. The van der Waals surface area contributed by atoms with E-state index in [9.17, 15) is 4.79 Å². The van der Waals surface area contributed by atoms with Crippen molar-refractivity contribution in [3.8, 4) is 0 Å². The van der Waals surface area contributed by atoms with Crippen molar-refractivity contribution < 1.29 is 0 Å². The molecule has 5 nitrogen and oxygen atoms in total. The smallest absolute Gasteiger partial charge is 0.311 e. The van der Waals surface area contributed by atoms with E-state index in [1.165, 1.54) is 21.1 Å². The molecule has 0 aliphatic carbocycles. The standard InChI is InChI=1S/C15H22N4O/c1-11(2)12-5-7-13(8-6-12)14(16-3)9-19-15(20)18(4)10-17-19/h5-8,10-11,14,16H,9H2,1-4H3. The number of hydrogen-bond donors (Lipinski definition) is 1. The van der Waals surface area contributed by atoms with E-state index in [-0.39, 0.29) is 11.7 Å². The summed E-state index contributed by atoms with van der Waals surface area (Å²) >= 11 is 0. The number of aryl methyl sites for hydroxylation is 1. The van der Waals surface area contributed by atoms with Crippen molar-refractivity contribution >= 4 is 0 Å². The molecular formula is C15H22N4O. The van der Waals surface area contributed by atoms with E-state index in [2.05, 4.69) is 48.5 Å². The molecule has 1 N–H and O–H groups in total. The van der Waals surface area contributed by atoms with E-state index < -0.39 is 0 Å². The highest BCUT2D eigenvalue weighted by Crippen LogP contribution is 2.19. The summed E-state index contributed by atoms with van der Waals surface area (Å²) in [5, 5.41) is 7.34. The zero-order valence-corrected chi connectivity index (χ0v) is 12.5. The van der Waals surface area contributed by atoms with Crippen molar-refractivity contribution in [2.45, 2.75) is 32.4 Å². The molecule has 0 saturated heterocycles. The number of nitrogens with zero attached hydrogens (tertiary/aromatic N) is 3. The summed E-state index contributed by atoms with van der Waals surface area (Å²) in [6.45, 7) is 4.88. The molecule has 0 aliphatic heterocycles. The molecule has 1 heterocycles. The monoisotopic (exact) mass is 274 g/mol. The van der Waals surface area contributed by atoms with Crippen LogP contribution in [0.25, 0.3) is 0 Å². The molecule has 2 rings (SSSR count). The third-order valence-corrected chi connectivity index (χ3v) is 3.60. The van der Waals surface area contributed by atoms with E-state index in [4.69, 9.17) is 0 Å². The number of nitrogens with one attached hydrogen (secondary N) is 1. The third kappa shape index (κ3) is 2.99. The molecule has 0 amide bonds. The van der Waals surface area contributed by atoms with Gasteiger partial charge in [-0.1, -0.05) is 38.1 Å². The van der Waals surface area contributed by atoms with Crippen LogP contribution in [-0.2, 0) is 13.6 Å². The van der Waals surface area contributed by atoms with Gasteiger partial charge in [-0.25, -0.2) is 9.48 Å². The Bertz CT molecular complexity index is 610. The van der Waals surface area contributed by atoms with Crippen LogP contribution >= 0.6 is 0 Å². The zero-order valence-electron chi connectivity index (χ0n) is 12.5. The Hall–Kier alpha value is -1.88. The molecular weight excluding hydrogens is 252 g/mol. The van der Waals surface area contributed by atoms with Gasteiger partial charge in [0.05, 0.1) is 12.6 Å². The average Bonchev–Trinajstić information content (AvgIpc) is 2.76. The van der Waals surface area contributed by atoms with E-state index >= 15 is 0 Å². The SMILES string of the molecule is CNC(Cn1ncn(C)c1=O)c1ccc(C(C)C)cc1. The zero-order chi connectivity index (χ0) is 14.7. The first-order valence-corrected chi connectivity index (χ1v) is 6.88. The number of aromatic nitrogens is 3. The molecule has 0 saturated carbocycles. The van der Waals surface area contributed by atoms with E-state index in [0.29, 0.717) is 12.5 Å². The molecule has 0 fully saturated rings. The van der Waals surface area contributed by atoms with Gasteiger partial charge in [0.25, 0.3) is 0 Å². The molecule has 1 unspecified atom stereocenters. The summed E-state index contributed by atoms with van der Waals surface area (Å²) in [6.07, 6.45) is 1.54. The van der Waals surface area contributed by atoms with Gasteiger partial charge in [0.15, 0.2) is 0 Å². The van der Waals surface area contributed by atoms with Gasteiger partial charge in [-0.15, -0.1) is 0 Å². The van der Waals surface area contributed by atoms with Crippen molar-refractivity contribution in [1.82, 2.24) is 19.7 Å². The third-order valence-electron chi connectivity index (χ3n) is 3.60. The lowest BCUT2D eigenvalue weighted by Gasteiger charge is -2.17. The Morgan fingerprint density at radius 3 is 2.25 bits per heavy atom. The summed E-state index contributed by atoms with van der Waals surface area (Å²) in [7, 11) is 3.60. The van der Waals surface area contributed by atoms with Gasteiger partial charge in [-0.3, -0.25) is 4.57 Å². The Morgan fingerprint density at radius 2 is 1.80 bits per heavy atom. The Kier molecular flexibility index (Phi) is 4.39. The van der Waals surface area contributed by atoms with Gasteiger partial charge in [0, 0.05) is 7.05 Å². The van der Waals surface area contributed by atoms with Gasteiger partial charge in [-0.05, 0) is 24.1 Å². The lowest BCUT2D eigenvalue weighted by molar-refractivity contribution is 0.455. The molecule has 0 radical (unpaired) electrons. The molecule has 5 heteroatoms. The molecule has 1 atom stereocenters. The minimum atomic E-state index is -0.0935. The molecule has 0 spiro atoms. The predicted molar refractivity (Wildman–Crippen MR) is 79.8 cm³/mol. The summed E-state index contributed by atoms with van der Waals surface area (Å²) in [6, 6.07) is 8.59. The van der Waals surface area contributed by atoms with Crippen molar-refractivity contribution in [2.75, 3.05) is 7.05 Å². The molecule has 2 aromatic rings. The van der Waals surface area contributed by atoms with Gasteiger partial charge in [-0.2, -0.15) is 5.10 Å². The maximum absolute atomic E-state index is 11.8. The Balaban J connectivity index is 2.20. The molecule has 1 aromatic heterocycles. The Morgan fingerprint density at radius 1 is 1.20 bits per heavy atom. The Labute approximate surface area is 119 Å². The van der Waals surface area contributed by atoms with Crippen molar-refractivity contribution in [2.24, 2.45) is 7.05 Å². The highest BCUT2D eigenvalue weighted by Gasteiger charge is 2.13. The number of benzene rings is 1. The fourth-order valence-electron chi connectivity index (χ4n) is 2.20. The van der Waals surface area contributed by atoms with Crippen LogP contribution < -0.4 is 11.0 Å². The van der Waals surface area contributed by atoms with Gasteiger partial charge >= 0.3 is 5.69 Å². The summed E-state index contributed by atoms with van der Waals surface area (Å²) in [5.74, 6) is 0.524. The normalized spacial score (nSPS) is 12.8. The topological polar surface area (TPSA) is 51.9 Å². The van der Waals surface area contributed by atoms with Crippen molar-refractivity contribution in [1.29, 1.82) is 0 Å². The summed E-state index contributed by atoms with van der Waals surface area (Å²) in [4.78, 5) is 11.8. The molecule has 0 aliphatic rings. The van der Waals surface area contributed by atoms with Crippen LogP contribution in [0, 0.1) is 0 Å². The molecule has 0 bridgehead atoms. The first-order valence-electron chi connectivity index (χ1n) is 6.88. The average molecular weight is 274 g/mol. The van der Waals surface area contributed by atoms with E-state index in [1.54, 1.807) is 7.05 Å². The second-order valence-electron chi connectivity index (χ2n) is 5.37. The summed E-state index contributed by atoms with van der Waals surface area (Å²) < 4.78 is 2.96. The maximum Gasteiger partial charge on any atom is 0.345 e.